The van der Waals surface area contributed by atoms with Crippen molar-refractivity contribution in [1.29, 1.82) is 0 Å². The number of hydrogen-bond donors (Lipinski definition) is 0. The summed E-state index contributed by atoms with van der Waals surface area (Å²) in [5.41, 5.74) is 3.15. The van der Waals surface area contributed by atoms with E-state index >= 15 is 0 Å². The maximum Gasteiger partial charge on any atom is 1.00 e. The summed E-state index contributed by atoms with van der Waals surface area (Å²) >= 11 is 0. The first-order chi connectivity index (χ1) is 40.6. The van der Waals surface area contributed by atoms with Crippen LogP contribution < -0.4 is 122 Å². The number of hydrogen-bond acceptors (Lipinski definition) is 16. The van der Waals surface area contributed by atoms with Gasteiger partial charge in [0.05, 0.1) is 173 Å². The van der Waals surface area contributed by atoms with E-state index in [4.69, 9.17) is 66.3 Å². The molecule has 84 heavy (non-hydrogen) atoms. The second-order valence-corrected chi connectivity index (χ2v) is 18.4. The SMILES string of the molecule is C1COCCOCCOCCOCCOCCO1.C1COCCOCCOCCOCCOCCO1.COc1ccc2ccccc2c1-c1c([O-])ccc2ccccc12.COc1ccc2ccccc2c1-c1c([O-])ccc2ccccc12.[K+].[K+]. The molecule has 2 heterocycles. The molecule has 8 aromatic rings. The molecule has 0 bridgehead atoms. The molecule has 0 atom stereocenters. The van der Waals surface area contributed by atoms with Crippen LogP contribution in [0.25, 0.3) is 65.3 Å². The van der Waals surface area contributed by atoms with Crippen LogP contribution in [0.15, 0.2) is 146 Å². The van der Waals surface area contributed by atoms with Crippen molar-refractivity contribution < 1.29 is 179 Å². The zero-order valence-corrected chi connectivity index (χ0v) is 55.6. The van der Waals surface area contributed by atoms with Crippen molar-refractivity contribution in [2.75, 3.05) is 173 Å². The Labute approximate surface area is 579 Å². The predicted molar refractivity (Wildman–Crippen MR) is 316 cm³/mol. The van der Waals surface area contributed by atoms with Gasteiger partial charge in [0.1, 0.15) is 11.5 Å². The minimum absolute atomic E-state index is 0. The van der Waals surface area contributed by atoms with Crippen LogP contribution in [0.5, 0.6) is 23.0 Å². The molecule has 2 fully saturated rings. The van der Waals surface area contributed by atoms with Gasteiger partial charge in [0.15, 0.2) is 0 Å². The summed E-state index contributed by atoms with van der Waals surface area (Å²) in [5, 5.41) is 33.6. The number of rotatable bonds is 4. The predicted octanol–water partition coefficient (Wildman–Crippen LogP) is 3.69. The van der Waals surface area contributed by atoms with Gasteiger partial charge in [0.2, 0.25) is 0 Å². The van der Waals surface area contributed by atoms with Crippen LogP contribution in [-0.4, -0.2) is 173 Å². The van der Waals surface area contributed by atoms with Crippen LogP contribution in [-0.2, 0) is 56.8 Å². The molecule has 16 nitrogen and oxygen atoms in total. The summed E-state index contributed by atoms with van der Waals surface area (Å²) in [6, 6.07) is 47.0. The average Bonchev–Trinajstić information content (AvgIpc) is 3.19. The molecule has 0 aliphatic carbocycles. The average molecular weight is 1210 g/mol. The van der Waals surface area contributed by atoms with Gasteiger partial charge in [0.25, 0.3) is 0 Å². The molecule has 0 aromatic heterocycles. The van der Waals surface area contributed by atoms with Gasteiger partial charge in [-0.2, -0.15) is 0 Å². The third kappa shape index (κ3) is 24.1. The largest absolute Gasteiger partial charge is 1.00 e. The van der Waals surface area contributed by atoms with Crippen LogP contribution in [0.2, 0.25) is 0 Å². The molecule has 2 aliphatic heterocycles. The monoisotopic (exact) mass is 1200 g/mol. The maximum atomic E-state index is 12.7. The standard InChI is InChI=1S/2C21H16O2.2C12H24O6.2K/c2*1-23-19-13-11-15-7-3-5-9-17(15)21(19)20-16-8-4-2-6-14(16)10-12-18(20)22;2*1-2-14-5-6-16-9-10-18-12-11-17-8-7-15-4-3-13-1;;/h2*2-13,22H,1H3;2*1-12H2;;/q;;;;2*+1/p-2. The number of benzene rings is 8. The first-order valence-electron chi connectivity index (χ1n) is 28.0. The van der Waals surface area contributed by atoms with E-state index in [1.54, 1.807) is 26.4 Å². The van der Waals surface area contributed by atoms with Crippen molar-refractivity contribution in [3.63, 3.8) is 0 Å². The van der Waals surface area contributed by atoms with Gasteiger partial charge in [-0.3, -0.25) is 0 Å². The van der Waals surface area contributed by atoms with Crippen molar-refractivity contribution in [3.8, 4) is 45.3 Å². The number of ether oxygens (including phenoxy) is 14. The fourth-order valence-corrected chi connectivity index (χ4v) is 9.02. The van der Waals surface area contributed by atoms with Gasteiger partial charge in [-0.25, -0.2) is 0 Å². The van der Waals surface area contributed by atoms with Crippen molar-refractivity contribution >= 4 is 43.1 Å². The Hall–Kier alpha value is -3.21. The van der Waals surface area contributed by atoms with E-state index in [1.165, 1.54) is 0 Å². The van der Waals surface area contributed by atoms with Gasteiger partial charge in [-0.05, 0) is 66.3 Å². The molecule has 0 saturated carbocycles. The molecule has 2 aliphatic rings. The molecular formula is C66H78K2O16. The molecule has 0 spiro atoms. The second-order valence-electron chi connectivity index (χ2n) is 18.4. The van der Waals surface area contributed by atoms with Crippen LogP contribution in [0.4, 0.5) is 0 Å². The van der Waals surface area contributed by atoms with Gasteiger partial charge < -0.3 is 76.5 Å². The number of fused-ring (bicyclic) bond motifs is 4. The molecule has 0 radical (unpaired) electrons. The summed E-state index contributed by atoms with van der Waals surface area (Å²) in [6.45, 7) is 14.1. The topological polar surface area (TPSA) is 175 Å². The molecule has 10 rings (SSSR count). The van der Waals surface area contributed by atoms with Gasteiger partial charge >= 0.3 is 103 Å². The minimum Gasteiger partial charge on any atom is -0.872 e. The molecule has 2 saturated heterocycles. The fraction of sp³-hybridized carbons (Fsp3) is 0.394. The van der Waals surface area contributed by atoms with E-state index in [9.17, 15) is 10.2 Å². The number of methoxy groups -OCH3 is 2. The van der Waals surface area contributed by atoms with E-state index in [1.807, 2.05) is 133 Å². The molecule has 0 amide bonds. The zero-order chi connectivity index (χ0) is 57.1. The second kappa shape index (κ2) is 43.4. The Kier molecular flexibility index (Phi) is 37.0. The Morgan fingerprint density at radius 1 is 0.238 bits per heavy atom. The Morgan fingerprint density at radius 3 is 0.619 bits per heavy atom. The fourth-order valence-electron chi connectivity index (χ4n) is 9.02. The molecule has 0 unspecified atom stereocenters. The van der Waals surface area contributed by atoms with Crippen LogP contribution in [0, 0.1) is 0 Å². The summed E-state index contributed by atoms with van der Waals surface area (Å²) in [6.07, 6.45) is 0. The Bertz CT molecular complexity index is 2720. The van der Waals surface area contributed by atoms with Crippen molar-refractivity contribution in [1.82, 2.24) is 0 Å². The molecule has 440 valence electrons. The molecule has 18 heteroatoms. The van der Waals surface area contributed by atoms with Crippen LogP contribution >= 0.6 is 0 Å². The molecule has 8 aromatic carbocycles. The molecular weight excluding hydrogens is 1130 g/mol. The van der Waals surface area contributed by atoms with Gasteiger partial charge in [0, 0.05) is 11.1 Å². The van der Waals surface area contributed by atoms with Crippen molar-refractivity contribution in [2.45, 2.75) is 0 Å². The van der Waals surface area contributed by atoms with E-state index in [0.717, 1.165) is 65.7 Å². The van der Waals surface area contributed by atoms with E-state index in [-0.39, 0.29) is 114 Å². The van der Waals surface area contributed by atoms with Crippen LogP contribution in [0.1, 0.15) is 0 Å². The minimum atomic E-state index is 0. The summed E-state index contributed by atoms with van der Waals surface area (Å²) in [7, 11) is 3.28. The Morgan fingerprint density at radius 2 is 0.417 bits per heavy atom. The van der Waals surface area contributed by atoms with Gasteiger partial charge in [-0.15, -0.1) is 11.5 Å². The maximum absolute atomic E-state index is 12.7. The first kappa shape index (κ1) is 71.5. The summed E-state index contributed by atoms with van der Waals surface area (Å²) in [5.74, 6) is 1.46. The van der Waals surface area contributed by atoms with Crippen molar-refractivity contribution in [2.24, 2.45) is 0 Å². The van der Waals surface area contributed by atoms with Crippen LogP contribution in [0.3, 0.4) is 0 Å². The molecule has 0 N–H and O–H groups in total. The van der Waals surface area contributed by atoms with E-state index in [0.29, 0.717) is 170 Å². The quantitative estimate of drug-likeness (QED) is 0.233. The Balaban J connectivity index is 0.000000205. The smallest absolute Gasteiger partial charge is 0.872 e. The van der Waals surface area contributed by atoms with Gasteiger partial charge in [-0.1, -0.05) is 133 Å². The normalized spacial score (nSPS) is 16.3. The summed E-state index contributed by atoms with van der Waals surface area (Å²) in [4.78, 5) is 0. The zero-order valence-electron chi connectivity index (χ0n) is 49.4. The van der Waals surface area contributed by atoms with E-state index in [2.05, 4.69) is 0 Å². The first-order valence-corrected chi connectivity index (χ1v) is 28.0. The van der Waals surface area contributed by atoms with Crippen molar-refractivity contribution in [3.05, 3.63) is 146 Å². The third-order valence-corrected chi connectivity index (χ3v) is 13.0. The van der Waals surface area contributed by atoms with E-state index < -0.39 is 0 Å². The third-order valence-electron chi connectivity index (χ3n) is 13.0. The summed E-state index contributed by atoms with van der Waals surface area (Å²) < 4.78 is 75.1.